The van der Waals surface area contributed by atoms with Crippen molar-refractivity contribution in [3.05, 3.63) is 35.4 Å². The molecule has 0 amide bonds. The van der Waals surface area contributed by atoms with E-state index in [1.807, 2.05) is 0 Å². The molecule has 0 aliphatic carbocycles. The molecule has 5 heteroatoms. The highest BCUT2D eigenvalue weighted by molar-refractivity contribution is 5.30. The third-order valence-electron chi connectivity index (χ3n) is 3.31. The van der Waals surface area contributed by atoms with Crippen molar-refractivity contribution in [2.24, 2.45) is 0 Å². The van der Waals surface area contributed by atoms with Gasteiger partial charge in [-0.05, 0) is 31.0 Å². The standard InChI is InChI=1S/C13H16F3NO/c14-13(15,16)10-5-2-1-4-9(10)8-12(18)11-6-3-7-17-11/h1-2,4-5,11-12,17-18H,3,6-8H2. The third kappa shape index (κ3) is 3.03. The van der Waals surface area contributed by atoms with Gasteiger partial charge in [0.15, 0.2) is 0 Å². The fourth-order valence-corrected chi connectivity index (χ4v) is 2.38. The summed E-state index contributed by atoms with van der Waals surface area (Å²) in [5.74, 6) is 0. The van der Waals surface area contributed by atoms with Crippen LogP contribution >= 0.6 is 0 Å². The number of hydrogen-bond donors (Lipinski definition) is 2. The molecule has 1 heterocycles. The van der Waals surface area contributed by atoms with E-state index in [1.54, 1.807) is 6.07 Å². The Morgan fingerprint density at radius 1 is 1.33 bits per heavy atom. The first-order chi connectivity index (χ1) is 8.48. The zero-order valence-corrected chi connectivity index (χ0v) is 9.87. The number of aliphatic hydroxyl groups is 1. The van der Waals surface area contributed by atoms with Crippen LogP contribution in [0.5, 0.6) is 0 Å². The van der Waals surface area contributed by atoms with E-state index in [0.717, 1.165) is 25.5 Å². The molecule has 2 atom stereocenters. The summed E-state index contributed by atoms with van der Waals surface area (Å²) >= 11 is 0. The predicted octanol–water partition coefficient (Wildman–Crippen LogP) is 2.36. The number of aliphatic hydroxyl groups excluding tert-OH is 1. The fourth-order valence-electron chi connectivity index (χ4n) is 2.38. The Balaban J connectivity index is 2.13. The summed E-state index contributed by atoms with van der Waals surface area (Å²) in [7, 11) is 0. The smallest absolute Gasteiger partial charge is 0.391 e. The van der Waals surface area contributed by atoms with Crippen LogP contribution in [0.25, 0.3) is 0 Å². The number of rotatable bonds is 3. The molecule has 18 heavy (non-hydrogen) atoms. The Kier molecular flexibility index (Phi) is 3.92. The van der Waals surface area contributed by atoms with Crippen molar-refractivity contribution in [2.75, 3.05) is 6.54 Å². The summed E-state index contributed by atoms with van der Waals surface area (Å²) in [5.41, 5.74) is -0.492. The topological polar surface area (TPSA) is 32.3 Å². The SMILES string of the molecule is OC(Cc1ccccc1C(F)(F)F)C1CCCN1. The maximum Gasteiger partial charge on any atom is 0.416 e. The second-order valence-corrected chi connectivity index (χ2v) is 4.63. The lowest BCUT2D eigenvalue weighted by Gasteiger charge is -2.20. The Labute approximate surface area is 104 Å². The third-order valence-corrected chi connectivity index (χ3v) is 3.31. The van der Waals surface area contributed by atoms with Gasteiger partial charge >= 0.3 is 6.18 Å². The van der Waals surface area contributed by atoms with Crippen molar-refractivity contribution >= 4 is 0 Å². The first-order valence-electron chi connectivity index (χ1n) is 6.05. The Morgan fingerprint density at radius 3 is 2.67 bits per heavy atom. The molecule has 0 aromatic heterocycles. The zero-order valence-electron chi connectivity index (χ0n) is 9.87. The minimum atomic E-state index is -4.36. The van der Waals surface area contributed by atoms with Crippen LogP contribution in [0, 0.1) is 0 Å². The molecule has 100 valence electrons. The van der Waals surface area contributed by atoms with E-state index in [4.69, 9.17) is 0 Å². The van der Waals surface area contributed by atoms with Crippen LogP contribution in [0.4, 0.5) is 13.2 Å². The molecule has 1 aromatic rings. The lowest BCUT2D eigenvalue weighted by molar-refractivity contribution is -0.138. The van der Waals surface area contributed by atoms with Gasteiger partial charge in [0.1, 0.15) is 0 Å². The Bertz CT molecular complexity index is 399. The molecular weight excluding hydrogens is 243 g/mol. The molecule has 2 N–H and O–H groups in total. The van der Waals surface area contributed by atoms with Crippen molar-refractivity contribution in [1.82, 2.24) is 5.32 Å². The van der Waals surface area contributed by atoms with Crippen LogP contribution in [0.3, 0.4) is 0 Å². The van der Waals surface area contributed by atoms with Gasteiger partial charge in [0.05, 0.1) is 11.7 Å². The predicted molar refractivity (Wildman–Crippen MR) is 62.2 cm³/mol. The quantitative estimate of drug-likeness (QED) is 0.873. The van der Waals surface area contributed by atoms with Crippen LogP contribution in [-0.2, 0) is 12.6 Å². The highest BCUT2D eigenvalue weighted by atomic mass is 19.4. The van der Waals surface area contributed by atoms with Crippen LogP contribution in [0.2, 0.25) is 0 Å². The van der Waals surface area contributed by atoms with Gasteiger partial charge < -0.3 is 10.4 Å². The summed E-state index contributed by atoms with van der Waals surface area (Å²) in [6.07, 6.45) is -3.32. The number of benzene rings is 1. The van der Waals surface area contributed by atoms with Gasteiger partial charge in [-0.2, -0.15) is 13.2 Å². The van der Waals surface area contributed by atoms with Crippen molar-refractivity contribution in [1.29, 1.82) is 0 Å². The maximum atomic E-state index is 12.8. The Hall–Kier alpha value is -1.07. The van der Waals surface area contributed by atoms with Gasteiger partial charge in [0.25, 0.3) is 0 Å². The van der Waals surface area contributed by atoms with E-state index in [2.05, 4.69) is 5.32 Å². The summed E-state index contributed by atoms with van der Waals surface area (Å²) in [6.45, 7) is 0.822. The van der Waals surface area contributed by atoms with Gasteiger partial charge in [0, 0.05) is 12.5 Å². The molecule has 1 saturated heterocycles. The van der Waals surface area contributed by atoms with E-state index in [-0.39, 0.29) is 18.0 Å². The lowest BCUT2D eigenvalue weighted by Crippen LogP contribution is -2.36. The Morgan fingerprint density at radius 2 is 2.06 bits per heavy atom. The second kappa shape index (κ2) is 5.28. The average molecular weight is 259 g/mol. The molecule has 0 radical (unpaired) electrons. The van der Waals surface area contributed by atoms with Gasteiger partial charge in [-0.15, -0.1) is 0 Å². The van der Waals surface area contributed by atoms with E-state index in [0.29, 0.717) is 0 Å². The largest absolute Gasteiger partial charge is 0.416 e. The van der Waals surface area contributed by atoms with Crippen LogP contribution in [0.15, 0.2) is 24.3 Å². The van der Waals surface area contributed by atoms with Gasteiger partial charge in [0.2, 0.25) is 0 Å². The molecule has 1 fully saturated rings. The van der Waals surface area contributed by atoms with E-state index < -0.39 is 17.8 Å². The molecule has 0 spiro atoms. The minimum Gasteiger partial charge on any atom is -0.391 e. The number of alkyl halides is 3. The van der Waals surface area contributed by atoms with Gasteiger partial charge in [-0.25, -0.2) is 0 Å². The highest BCUT2D eigenvalue weighted by Crippen LogP contribution is 2.32. The number of hydrogen-bond acceptors (Lipinski definition) is 2. The molecule has 2 unspecified atom stereocenters. The van der Waals surface area contributed by atoms with E-state index in [1.165, 1.54) is 12.1 Å². The maximum absolute atomic E-state index is 12.8. The summed E-state index contributed by atoms with van der Waals surface area (Å²) < 4.78 is 38.3. The van der Waals surface area contributed by atoms with Crippen LogP contribution in [-0.4, -0.2) is 23.8 Å². The molecule has 2 nitrogen and oxygen atoms in total. The summed E-state index contributed by atoms with van der Waals surface area (Å²) in [6, 6.07) is 5.34. The molecule has 1 aromatic carbocycles. The monoisotopic (exact) mass is 259 g/mol. The first kappa shape index (κ1) is 13.4. The van der Waals surface area contributed by atoms with Crippen LogP contribution < -0.4 is 5.32 Å². The molecule has 1 aliphatic rings. The number of halogens is 3. The molecule has 2 rings (SSSR count). The van der Waals surface area contributed by atoms with Crippen molar-refractivity contribution < 1.29 is 18.3 Å². The highest BCUT2D eigenvalue weighted by Gasteiger charge is 2.34. The van der Waals surface area contributed by atoms with Gasteiger partial charge in [-0.1, -0.05) is 18.2 Å². The second-order valence-electron chi connectivity index (χ2n) is 4.63. The van der Waals surface area contributed by atoms with E-state index in [9.17, 15) is 18.3 Å². The van der Waals surface area contributed by atoms with Crippen LogP contribution in [0.1, 0.15) is 24.0 Å². The summed E-state index contributed by atoms with van der Waals surface area (Å²) in [4.78, 5) is 0. The first-order valence-corrected chi connectivity index (χ1v) is 6.05. The molecule has 1 aliphatic heterocycles. The van der Waals surface area contributed by atoms with Crippen molar-refractivity contribution in [3.63, 3.8) is 0 Å². The fraction of sp³-hybridized carbons (Fsp3) is 0.538. The normalized spacial score (nSPS) is 22.1. The molecular formula is C13H16F3NO. The summed E-state index contributed by atoms with van der Waals surface area (Å²) in [5, 5.41) is 13.1. The minimum absolute atomic E-state index is 0.0351. The van der Waals surface area contributed by atoms with Gasteiger partial charge in [-0.3, -0.25) is 0 Å². The number of nitrogens with one attached hydrogen (secondary N) is 1. The van der Waals surface area contributed by atoms with Crippen molar-refractivity contribution in [2.45, 2.75) is 37.6 Å². The molecule has 0 bridgehead atoms. The lowest BCUT2D eigenvalue weighted by atomic mass is 9.97. The average Bonchev–Trinajstić information content (AvgIpc) is 2.81. The van der Waals surface area contributed by atoms with Crippen molar-refractivity contribution in [3.8, 4) is 0 Å². The van der Waals surface area contributed by atoms with E-state index >= 15 is 0 Å². The zero-order chi connectivity index (χ0) is 13.2. The molecule has 0 saturated carbocycles.